The molecule has 1 aliphatic heterocycles. The van der Waals surface area contributed by atoms with Crippen LogP contribution in [0.2, 0.25) is 0 Å². The van der Waals surface area contributed by atoms with Crippen LogP contribution >= 0.6 is 0 Å². The second-order valence-electron chi connectivity index (χ2n) is 4.31. The van der Waals surface area contributed by atoms with Crippen molar-refractivity contribution >= 4 is 11.5 Å². The molecule has 0 aromatic carbocycles. The van der Waals surface area contributed by atoms with E-state index in [0.29, 0.717) is 6.54 Å². The fourth-order valence-corrected chi connectivity index (χ4v) is 2.21. The first-order valence-electron chi connectivity index (χ1n) is 5.47. The lowest BCUT2D eigenvalue weighted by Crippen LogP contribution is -2.23. The average molecular weight is 218 g/mol. The molecule has 0 aliphatic carbocycles. The molecule has 3 heterocycles. The molecule has 84 valence electrons. The molecule has 1 unspecified atom stereocenters. The maximum atomic E-state index is 9.57. The van der Waals surface area contributed by atoms with Gasteiger partial charge in [-0.1, -0.05) is 0 Å². The number of anilines is 1. The third kappa shape index (κ3) is 1.44. The van der Waals surface area contributed by atoms with Gasteiger partial charge in [0.2, 0.25) is 0 Å². The number of aliphatic hydroxyl groups excluding tert-OH is 1. The zero-order chi connectivity index (χ0) is 11.1. The van der Waals surface area contributed by atoms with Crippen molar-refractivity contribution in [2.24, 2.45) is 0 Å². The summed E-state index contributed by atoms with van der Waals surface area (Å²) in [5.41, 5.74) is 2.02. The number of fused-ring (bicyclic) bond motifs is 1. The smallest absolute Gasteiger partial charge is 0.157 e. The van der Waals surface area contributed by atoms with Crippen LogP contribution < -0.4 is 4.90 Å². The molecule has 2 aromatic rings. The van der Waals surface area contributed by atoms with Gasteiger partial charge in [0.15, 0.2) is 5.65 Å². The molecule has 0 amide bonds. The van der Waals surface area contributed by atoms with Gasteiger partial charge in [-0.05, 0) is 31.0 Å². The first kappa shape index (κ1) is 9.59. The number of nitrogens with zero attached hydrogens (tertiary/aromatic N) is 4. The summed E-state index contributed by atoms with van der Waals surface area (Å²) in [6.07, 6.45) is 2.16. The highest BCUT2D eigenvalue weighted by molar-refractivity contribution is 5.53. The summed E-state index contributed by atoms with van der Waals surface area (Å²) in [6.45, 7) is 3.60. The molecule has 16 heavy (non-hydrogen) atoms. The Hall–Kier alpha value is -1.62. The minimum Gasteiger partial charge on any atom is -0.391 e. The van der Waals surface area contributed by atoms with E-state index in [-0.39, 0.29) is 6.10 Å². The highest BCUT2D eigenvalue weighted by atomic mass is 16.3. The van der Waals surface area contributed by atoms with E-state index >= 15 is 0 Å². The zero-order valence-corrected chi connectivity index (χ0v) is 9.17. The van der Waals surface area contributed by atoms with Gasteiger partial charge in [0, 0.05) is 13.1 Å². The monoisotopic (exact) mass is 218 g/mol. The summed E-state index contributed by atoms with van der Waals surface area (Å²) in [4.78, 5) is 6.35. The molecule has 1 atom stereocenters. The summed E-state index contributed by atoms with van der Waals surface area (Å²) in [6, 6.07) is 4.09. The molecule has 5 nitrogen and oxygen atoms in total. The summed E-state index contributed by atoms with van der Waals surface area (Å²) in [7, 11) is 0. The standard InChI is InChI=1S/C11H14N4O/c1-8-4-10-12-7-13-15(10)11(5-8)14-3-2-9(16)6-14/h4-5,7,9,16H,2-3,6H2,1H3. The molecule has 0 bridgehead atoms. The van der Waals surface area contributed by atoms with Crippen molar-refractivity contribution in [2.75, 3.05) is 18.0 Å². The third-order valence-corrected chi connectivity index (χ3v) is 2.99. The van der Waals surface area contributed by atoms with Crippen molar-refractivity contribution < 1.29 is 5.11 Å². The van der Waals surface area contributed by atoms with Crippen molar-refractivity contribution in [3.05, 3.63) is 24.0 Å². The normalized spacial score (nSPS) is 20.9. The summed E-state index contributed by atoms with van der Waals surface area (Å²) < 4.78 is 1.82. The molecular formula is C11H14N4O. The van der Waals surface area contributed by atoms with Crippen molar-refractivity contribution in [1.29, 1.82) is 0 Å². The Balaban J connectivity index is 2.11. The van der Waals surface area contributed by atoms with Gasteiger partial charge < -0.3 is 10.0 Å². The number of aryl methyl sites for hydroxylation is 1. The maximum Gasteiger partial charge on any atom is 0.157 e. The highest BCUT2D eigenvalue weighted by Gasteiger charge is 2.22. The largest absolute Gasteiger partial charge is 0.391 e. The molecule has 0 spiro atoms. The van der Waals surface area contributed by atoms with Crippen LogP contribution in [0.15, 0.2) is 18.5 Å². The minimum absolute atomic E-state index is 0.223. The second-order valence-corrected chi connectivity index (χ2v) is 4.31. The van der Waals surface area contributed by atoms with E-state index in [0.717, 1.165) is 30.0 Å². The molecule has 1 aliphatic rings. The van der Waals surface area contributed by atoms with Gasteiger partial charge in [0.1, 0.15) is 12.1 Å². The van der Waals surface area contributed by atoms with Crippen LogP contribution in [0.4, 0.5) is 5.82 Å². The van der Waals surface area contributed by atoms with Crippen LogP contribution in [0.1, 0.15) is 12.0 Å². The van der Waals surface area contributed by atoms with Crippen molar-refractivity contribution in [2.45, 2.75) is 19.4 Å². The first-order valence-corrected chi connectivity index (χ1v) is 5.47. The van der Waals surface area contributed by atoms with Crippen LogP contribution in [0.25, 0.3) is 5.65 Å². The molecule has 1 fully saturated rings. The Bertz CT molecular complexity index is 522. The topological polar surface area (TPSA) is 53.7 Å². The molecule has 5 heteroatoms. The van der Waals surface area contributed by atoms with Crippen LogP contribution in [-0.4, -0.2) is 38.9 Å². The van der Waals surface area contributed by atoms with Gasteiger partial charge in [0.05, 0.1) is 6.10 Å². The Morgan fingerprint density at radius 1 is 1.44 bits per heavy atom. The van der Waals surface area contributed by atoms with E-state index in [1.54, 1.807) is 6.33 Å². The molecule has 1 saturated heterocycles. The van der Waals surface area contributed by atoms with Crippen molar-refractivity contribution in [1.82, 2.24) is 14.6 Å². The van der Waals surface area contributed by atoms with Crippen LogP contribution in [-0.2, 0) is 0 Å². The predicted molar refractivity (Wildman–Crippen MR) is 60.6 cm³/mol. The summed E-state index contributed by atoms with van der Waals surface area (Å²) in [5.74, 6) is 1.02. The van der Waals surface area contributed by atoms with E-state index < -0.39 is 0 Å². The van der Waals surface area contributed by atoms with Gasteiger partial charge in [-0.15, -0.1) is 0 Å². The van der Waals surface area contributed by atoms with E-state index in [9.17, 15) is 5.11 Å². The number of aromatic nitrogens is 3. The summed E-state index contributed by atoms with van der Waals surface area (Å²) >= 11 is 0. The number of hydrogen-bond acceptors (Lipinski definition) is 4. The fraction of sp³-hybridized carbons (Fsp3) is 0.455. The van der Waals surface area contributed by atoms with E-state index in [4.69, 9.17) is 0 Å². The van der Waals surface area contributed by atoms with Gasteiger partial charge in [-0.3, -0.25) is 0 Å². The predicted octanol–water partition coefficient (Wildman–Crippen LogP) is 0.609. The maximum absolute atomic E-state index is 9.57. The fourth-order valence-electron chi connectivity index (χ4n) is 2.21. The number of pyridine rings is 1. The Labute approximate surface area is 93.3 Å². The van der Waals surface area contributed by atoms with Crippen molar-refractivity contribution in [3.8, 4) is 0 Å². The van der Waals surface area contributed by atoms with Crippen molar-refractivity contribution in [3.63, 3.8) is 0 Å². The SMILES string of the molecule is Cc1cc(N2CCC(O)C2)n2ncnc2c1. The molecule has 2 aromatic heterocycles. The molecular weight excluding hydrogens is 204 g/mol. The lowest BCUT2D eigenvalue weighted by molar-refractivity contribution is 0.198. The second kappa shape index (κ2) is 3.45. The number of β-amino-alcohol motifs (C(OH)–C–C–N with tert-alkyl or cyclic N) is 1. The molecule has 0 saturated carbocycles. The third-order valence-electron chi connectivity index (χ3n) is 2.99. The molecule has 3 rings (SSSR count). The lowest BCUT2D eigenvalue weighted by Gasteiger charge is -2.18. The number of aliphatic hydroxyl groups is 1. The Kier molecular flexibility index (Phi) is 2.07. The van der Waals surface area contributed by atoms with E-state index in [1.807, 2.05) is 17.5 Å². The lowest BCUT2D eigenvalue weighted by atomic mass is 10.3. The number of rotatable bonds is 1. The Morgan fingerprint density at radius 2 is 2.31 bits per heavy atom. The summed E-state index contributed by atoms with van der Waals surface area (Å²) in [5, 5.41) is 13.8. The molecule has 0 radical (unpaired) electrons. The Morgan fingerprint density at radius 3 is 3.06 bits per heavy atom. The van der Waals surface area contributed by atoms with Crippen LogP contribution in [0, 0.1) is 6.92 Å². The molecule has 1 N–H and O–H groups in total. The average Bonchev–Trinajstić information content (AvgIpc) is 2.84. The van der Waals surface area contributed by atoms with Gasteiger partial charge >= 0.3 is 0 Å². The van der Waals surface area contributed by atoms with Gasteiger partial charge in [-0.2, -0.15) is 9.61 Å². The zero-order valence-electron chi connectivity index (χ0n) is 9.17. The first-order chi connectivity index (χ1) is 7.74. The van der Waals surface area contributed by atoms with E-state index in [2.05, 4.69) is 21.0 Å². The van der Waals surface area contributed by atoms with Crippen LogP contribution in [0.5, 0.6) is 0 Å². The van der Waals surface area contributed by atoms with E-state index in [1.165, 1.54) is 0 Å². The minimum atomic E-state index is -0.223. The highest BCUT2D eigenvalue weighted by Crippen LogP contribution is 2.22. The number of hydrogen-bond donors (Lipinski definition) is 1. The van der Waals surface area contributed by atoms with Crippen LogP contribution in [0.3, 0.4) is 0 Å². The quantitative estimate of drug-likeness (QED) is 0.762. The van der Waals surface area contributed by atoms with Gasteiger partial charge in [0.25, 0.3) is 0 Å². The van der Waals surface area contributed by atoms with Gasteiger partial charge in [-0.25, -0.2) is 4.98 Å².